The van der Waals surface area contributed by atoms with Crippen molar-refractivity contribution < 1.29 is 25.6 Å². The topological polar surface area (TPSA) is 25.8 Å². The molecule has 271 valence electrons. The zero-order chi connectivity index (χ0) is 40.2. The Morgan fingerprint density at radius 1 is 0.556 bits per heavy atom. The monoisotopic (exact) mass is 883 g/mol. The summed E-state index contributed by atoms with van der Waals surface area (Å²) in [6.45, 7) is 11.3. The van der Waals surface area contributed by atoms with E-state index in [0.717, 1.165) is 55.9 Å². The van der Waals surface area contributed by atoms with Crippen LogP contribution in [0.5, 0.6) is 0 Å². The van der Waals surface area contributed by atoms with Crippen LogP contribution in [-0.2, 0) is 43.7 Å². The Bertz CT molecular complexity index is 2580. The van der Waals surface area contributed by atoms with Crippen molar-refractivity contribution in [3.63, 3.8) is 0 Å². The van der Waals surface area contributed by atoms with Crippen molar-refractivity contribution in [2.75, 3.05) is 0 Å². The first-order valence-corrected chi connectivity index (χ1v) is 18.4. The zero-order valence-corrected chi connectivity index (χ0v) is 33.8. The molecule has 0 unspecified atom stereocenters. The largest absolute Gasteiger partial charge is 0.305 e. The number of rotatable bonds is 8. The fourth-order valence-electron chi connectivity index (χ4n) is 7.60. The van der Waals surface area contributed by atoms with Crippen LogP contribution < -0.4 is 0 Å². The molecule has 1 radical (unpaired) electrons. The van der Waals surface area contributed by atoms with Gasteiger partial charge in [-0.15, -0.1) is 65.2 Å². The van der Waals surface area contributed by atoms with Crippen LogP contribution >= 0.6 is 0 Å². The van der Waals surface area contributed by atoms with Crippen molar-refractivity contribution in [3.8, 4) is 55.9 Å². The number of fused-ring (bicyclic) bond motifs is 1. The van der Waals surface area contributed by atoms with Crippen molar-refractivity contribution in [1.82, 2.24) is 9.97 Å². The second kappa shape index (κ2) is 15.4. The van der Waals surface area contributed by atoms with E-state index in [1.807, 2.05) is 61.7 Å². The SMILES string of the molecule is [2H]C([2H])(c1c[c-]c(-c2ccccn2)cc1)C([2H])([2H])c1cc(C)cc(-c2ccccc2-c2c[c-]c(-c3cc(-c4ccc5c(c4)C(C)(C)CCC5(C)C)ccn3)cc2)c1.[Ir]. The predicted molar refractivity (Wildman–Crippen MR) is 221 cm³/mol. The second-order valence-electron chi connectivity index (χ2n) is 15.5. The van der Waals surface area contributed by atoms with Gasteiger partial charge >= 0.3 is 0 Å². The molecule has 2 aromatic heterocycles. The van der Waals surface area contributed by atoms with E-state index in [-0.39, 0.29) is 42.1 Å². The predicted octanol–water partition coefficient (Wildman–Crippen LogP) is 12.9. The second-order valence-corrected chi connectivity index (χ2v) is 15.5. The molecular weight excluding hydrogens is 833 g/mol. The van der Waals surface area contributed by atoms with E-state index in [1.165, 1.54) is 35.6 Å². The fourth-order valence-corrected chi connectivity index (χ4v) is 7.60. The van der Waals surface area contributed by atoms with E-state index in [2.05, 4.69) is 93.3 Å². The third kappa shape index (κ3) is 7.81. The number of hydrogen-bond donors (Lipinski definition) is 0. The molecule has 54 heavy (non-hydrogen) atoms. The minimum atomic E-state index is -2.36. The van der Waals surface area contributed by atoms with Gasteiger partial charge in [0.1, 0.15) is 0 Å². The maximum Gasteiger partial charge on any atom is 0.0311 e. The number of nitrogens with zero attached hydrogens (tertiary/aromatic N) is 2. The average molecular weight is 883 g/mol. The van der Waals surface area contributed by atoms with Crippen molar-refractivity contribution in [2.24, 2.45) is 0 Å². The maximum absolute atomic E-state index is 9.20. The van der Waals surface area contributed by atoms with Crippen molar-refractivity contribution in [1.29, 1.82) is 0 Å². The molecule has 0 spiro atoms. The molecule has 0 atom stereocenters. The Balaban J connectivity index is 0.00000512. The summed E-state index contributed by atoms with van der Waals surface area (Å²) in [5.41, 5.74) is 13.7. The summed E-state index contributed by atoms with van der Waals surface area (Å²) in [5.74, 6) is 0. The van der Waals surface area contributed by atoms with Gasteiger partial charge in [-0.3, -0.25) is 0 Å². The number of aromatic nitrogens is 2. The van der Waals surface area contributed by atoms with Gasteiger partial charge < -0.3 is 9.97 Å². The molecule has 2 nitrogen and oxygen atoms in total. The first-order chi connectivity index (χ1) is 27.1. The molecule has 0 amide bonds. The van der Waals surface area contributed by atoms with Crippen molar-refractivity contribution >= 4 is 0 Å². The molecule has 0 bridgehead atoms. The first kappa shape index (κ1) is 32.5. The summed E-state index contributed by atoms with van der Waals surface area (Å²) in [7, 11) is 0. The Morgan fingerprint density at radius 2 is 1.20 bits per heavy atom. The summed E-state index contributed by atoms with van der Waals surface area (Å²) < 4.78 is 36.5. The molecule has 8 rings (SSSR count). The van der Waals surface area contributed by atoms with Gasteiger partial charge in [-0.1, -0.05) is 130 Å². The number of benzene rings is 5. The standard InChI is InChI=1S/C51H46N2.Ir/c1-35-30-37(14-13-36-15-17-39(18-16-36)48-12-8-9-28-52-48)32-43(31-35)45-11-7-6-10-44(45)38-19-21-40(22-20-38)49-34-42(25-29-53-49)41-23-24-46-47(33-41)51(4,5)27-26-50(46,2)3;/h6-12,15-17,19-21,23-25,28-34H,13-14,26-27H2,1-5H3;/q-2;/i13D2,14D2;. The molecule has 5 aromatic carbocycles. The van der Waals surface area contributed by atoms with Gasteiger partial charge in [0.2, 0.25) is 0 Å². The normalized spacial score (nSPS) is 15.8. The summed E-state index contributed by atoms with van der Waals surface area (Å²) in [6, 6.07) is 48.1. The van der Waals surface area contributed by atoms with E-state index in [9.17, 15) is 2.74 Å². The molecule has 7 aromatic rings. The van der Waals surface area contributed by atoms with E-state index in [4.69, 9.17) is 7.73 Å². The van der Waals surface area contributed by atoms with Gasteiger partial charge in [0.25, 0.3) is 0 Å². The van der Waals surface area contributed by atoms with Crippen LogP contribution in [0.3, 0.4) is 0 Å². The minimum absolute atomic E-state index is 0. The molecule has 0 saturated carbocycles. The Hall–Kier alpha value is -4.95. The van der Waals surface area contributed by atoms with Gasteiger partial charge in [-0.05, 0) is 99.4 Å². The van der Waals surface area contributed by atoms with Crippen LogP contribution in [-0.4, -0.2) is 9.97 Å². The van der Waals surface area contributed by atoms with Crippen LogP contribution in [0, 0.1) is 19.1 Å². The van der Waals surface area contributed by atoms with Crippen molar-refractivity contribution in [3.05, 3.63) is 180 Å². The third-order valence-electron chi connectivity index (χ3n) is 10.8. The van der Waals surface area contributed by atoms with Gasteiger partial charge in [0.15, 0.2) is 0 Å². The molecule has 0 aliphatic heterocycles. The maximum atomic E-state index is 9.20. The third-order valence-corrected chi connectivity index (χ3v) is 10.8. The van der Waals surface area contributed by atoms with Gasteiger partial charge in [0.05, 0.1) is 0 Å². The summed E-state index contributed by atoms with van der Waals surface area (Å²) in [4.78, 5) is 9.10. The number of hydrogen-bond acceptors (Lipinski definition) is 2. The van der Waals surface area contributed by atoms with Gasteiger partial charge in [-0.25, -0.2) is 0 Å². The summed E-state index contributed by atoms with van der Waals surface area (Å²) >= 11 is 0. The molecule has 0 fully saturated rings. The first-order valence-electron chi connectivity index (χ1n) is 20.4. The van der Waals surface area contributed by atoms with Crippen LogP contribution in [0.25, 0.3) is 55.9 Å². The van der Waals surface area contributed by atoms with Gasteiger partial charge in [-0.2, -0.15) is 0 Å². The molecule has 0 N–H and O–H groups in total. The molecule has 1 aliphatic rings. The van der Waals surface area contributed by atoms with E-state index in [1.54, 1.807) is 30.5 Å². The van der Waals surface area contributed by atoms with Crippen molar-refractivity contribution in [2.45, 2.75) is 71.0 Å². The summed E-state index contributed by atoms with van der Waals surface area (Å²) in [6.07, 6.45) is 1.23. The van der Waals surface area contributed by atoms with E-state index < -0.39 is 12.7 Å². The Morgan fingerprint density at radius 3 is 1.93 bits per heavy atom. The van der Waals surface area contributed by atoms with Crippen LogP contribution in [0.2, 0.25) is 0 Å². The number of pyridine rings is 2. The van der Waals surface area contributed by atoms with Crippen LogP contribution in [0.4, 0.5) is 0 Å². The summed E-state index contributed by atoms with van der Waals surface area (Å²) in [5, 5.41) is 0. The molecule has 1 aliphatic carbocycles. The smallest absolute Gasteiger partial charge is 0.0311 e. The molecule has 2 heterocycles. The van der Waals surface area contributed by atoms with Crippen LogP contribution in [0.1, 0.15) is 73.8 Å². The Kier molecular flexibility index (Phi) is 9.27. The number of aryl methyl sites for hydroxylation is 3. The van der Waals surface area contributed by atoms with Gasteiger partial charge in [0, 0.05) is 38.0 Å². The molecule has 0 saturated heterocycles. The zero-order valence-electron chi connectivity index (χ0n) is 35.4. The fraction of sp³-hybridized carbons (Fsp3) is 0.216. The molecular formula is C51H46IrN2-2. The quantitative estimate of drug-likeness (QED) is 0.142. The average Bonchev–Trinajstić information content (AvgIpc) is 3.22. The minimum Gasteiger partial charge on any atom is -0.305 e. The van der Waals surface area contributed by atoms with Crippen LogP contribution in [0.15, 0.2) is 140 Å². The Labute approximate surface area is 340 Å². The van der Waals surface area contributed by atoms with E-state index >= 15 is 0 Å². The van der Waals surface area contributed by atoms with E-state index in [0.29, 0.717) is 0 Å². The molecule has 3 heteroatoms.